The lowest BCUT2D eigenvalue weighted by atomic mass is 9.60. The predicted molar refractivity (Wildman–Crippen MR) is 88.7 cm³/mol. The third-order valence-electron chi connectivity index (χ3n) is 7.27. The quantitative estimate of drug-likeness (QED) is 0.708. The summed E-state index contributed by atoms with van der Waals surface area (Å²) < 4.78 is 12.5. The van der Waals surface area contributed by atoms with E-state index in [2.05, 4.69) is 41.5 Å². The van der Waals surface area contributed by atoms with Crippen LogP contribution in [0, 0.1) is 35.5 Å². The van der Waals surface area contributed by atoms with E-state index in [0.29, 0.717) is 12.2 Å². The predicted octanol–water partition coefficient (Wildman–Crippen LogP) is 4.67. The first kappa shape index (κ1) is 15.4. The molecule has 0 N–H and O–H groups in total. The average Bonchev–Trinajstić information content (AvgIpc) is 3.22. The van der Waals surface area contributed by atoms with E-state index < -0.39 is 0 Å². The second-order valence-electron chi connectivity index (χ2n) is 9.94. The van der Waals surface area contributed by atoms with Crippen LogP contribution in [0.1, 0.15) is 67.2 Å². The molecule has 8 unspecified atom stereocenters. The summed E-state index contributed by atoms with van der Waals surface area (Å²) in [7, 11) is 0. The van der Waals surface area contributed by atoms with Crippen LogP contribution in [-0.2, 0) is 9.47 Å². The molecule has 4 fully saturated rings. The Hall–Kier alpha value is -0.0800. The fraction of sp³-hybridized carbons (Fsp3) is 1.00. The zero-order valence-electron chi connectivity index (χ0n) is 15.3. The van der Waals surface area contributed by atoms with Gasteiger partial charge in [-0.1, -0.05) is 27.7 Å². The molecule has 0 amide bonds. The van der Waals surface area contributed by atoms with E-state index in [1.54, 1.807) is 0 Å². The number of rotatable bonds is 3. The van der Waals surface area contributed by atoms with Crippen LogP contribution >= 0.6 is 0 Å². The second kappa shape index (κ2) is 4.72. The summed E-state index contributed by atoms with van der Waals surface area (Å²) in [4.78, 5) is 0. The zero-order valence-corrected chi connectivity index (χ0v) is 15.3. The van der Waals surface area contributed by atoms with Crippen molar-refractivity contribution < 1.29 is 9.47 Å². The van der Waals surface area contributed by atoms with E-state index in [1.165, 1.54) is 25.7 Å². The van der Waals surface area contributed by atoms with Crippen LogP contribution < -0.4 is 0 Å². The third-order valence-corrected chi connectivity index (χ3v) is 7.27. The SMILES string of the molecule is CC1CC(C(C(C)C)C2CC(C)CC3(C)OC23)C2OC2(C)C1. The Kier molecular flexibility index (Phi) is 3.32. The first-order valence-corrected chi connectivity index (χ1v) is 9.59. The van der Waals surface area contributed by atoms with Crippen LogP contribution in [-0.4, -0.2) is 23.4 Å². The van der Waals surface area contributed by atoms with E-state index in [-0.39, 0.29) is 11.2 Å². The topological polar surface area (TPSA) is 25.1 Å². The molecule has 2 nitrogen and oxygen atoms in total. The molecular weight excluding hydrogens is 272 g/mol. The Bertz CT molecular complexity index is 423. The maximum atomic E-state index is 6.23. The molecule has 2 saturated carbocycles. The normalized spacial score (nSPS) is 58.0. The largest absolute Gasteiger partial charge is 0.366 e. The summed E-state index contributed by atoms with van der Waals surface area (Å²) in [6.45, 7) is 14.4. The minimum absolute atomic E-state index is 0.198. The van der Waals surface area contributed by atoms with Gasteiger partial charge in [-0.15, -0.1) is 0 Å². The molecule has 0 bridgehead atoms. The Labute approximate surface area is 136 Å². The van der Waals surface area contributed by atoms with Crippen LogP contribution in [0.25, 0.3) is 0 Å². The van der Waals surface area contributed by atoms with Crippen LogP contribution in [0.2, 0.25) is 0 Å². The minimum atomic E-state index is 0.198. The van der Waals surface area contributed by atoms with Gasteiger partial charge < -0.3 is 9.47 Å². The van der Waals surface area contributed by atoms with Gasteiger partial charge in [-0.2, -0.15) is 0 Å². The molecule has 2 aliphatic heterocycles. The summed E-state index contributed by atoms with van der Waals surface area (Å²) in [5, 5.41) is 0. The number of epoxide rings is 2. The van der Waals surface area contributed by atoms with Gasteiger partial charge in [0.15, 0.2) is 0 Å². The first-order chi connectivity index (χ1) is 10.2. The Balaban J connectivity index is 1.59. The second-order valence-corrected chi connectivity index (χ2v) is 9.94. The summed E-state index contributed by atoms with van der Waals surface area (Å²) >= 11 is 0. The van der Waals surface area contributed by atoms with E-state index in [0.717, 1.165) is 35.5 Å². The summed E-state index contributed by atoms with van der Waals surface area (Å²) in [6, 6.07) is 0. The molecule has 0 spiro atoms. The summed E-state index contributed by atoms with van der Waals surface area (Å²) in [5.74, 6) is 4.61. The molecule has 2 aliphatic carbocycles. The monoisotopic (exact) mass is 306 g/mol. The van der Waals surface area contributed by atoms with Crippen molar-refractivity contribution in [3.05, 3.63) is 0 Å². The van der Waals surface area contributed by atoms with Crippen molar-refractivity contribution in [1.82, 2.24) is 0 Å². The van der Waals surface area contributed by atoms with Crippen molar-refractivity contribution in [3.63, 3.8) is 0 Å². The van der Waals surface area contributed by atoms with Gasteiger partial charge in [0.25, 0.3) is 0 Å². The van der Waals surface area contributed by atoms with Crippen molar-refractivity contribution in [2.45, 2.75) is 90.6 Å². The van der Waals surface area contributed by atoms with Gasteiger partial charge in [-0.05, 0) is 75.0 Å². The van der Waals surface area contributed by atoms with Crippen LogP contribution in [0.15, 0.2) is 0 Å². The molecule has 0 aromatic carbocycles. The molecule has 4 rings (SSSR count). The molecule has 0 radical (unpaired) electrons. The standard InChI is InChI=1S/C20H34O2/c1-11(2)16(14-7-12(3)9-19(5)17(14)21-19)15-8-13(4)10-20(6)18(15)22-20/h11-18H,7-10H2,1-6H3. The van der Waals surface area contributed by atoms with Crippen molar-refractivity contribution in [3.8, 4) is 0 Å². The summed E-state index contributed by atoms with van der Waals surface area (Å²) in [5.41, 5.74) is 0.396. The molecule has 4 aliphatic rings. The highest BCUT2D eigenvalue weighted by Crippen LogP contribution is 2.61. The van der Waals surface area contributed by atoms with Crippen molar-refractivity contribution >= 4 is 0 Å². The van der Waals surface area contributed by atoms with Gasteiger partial charge >= 0.3 is 0 Å². The number of ether oxygens (including phenoxy) is 2. The molecule has 2 saturated heterocycles. The van der Waals surface area contributed by atoms with Crippen LogP contribution in [0.4, 0.5) is 0 Å². The molecule has 0 aromatic rings. The Morgan fingerprint density at radius 1 is 0.818 bits per heavy atom. The highest BCUT2D eigenvalue weighted by atomic mass is 16.6. The number of hydrogen-bond donors (Lipinski definition) is 0. The highest BCUT2D eigenvalue weighted by molar-refractivity contribution is 5.14. The van der Waals surface area contributed by atoms with Crippen molar-refractivity contribution in [1.29, 1.82) is 0 Å². The fourth-order valence-electron chi connectivity index (χ4n) is 6.67. The highest BCUT2D eigenvalue weighted by Gasteiger charge is 2.66. The Morgan fingerprint density at radius 3 is 1.59 bits per heavy atom. The van der Waals surface area contributed by atoms with Gasteiger partial charge in [0.05, 0.1) is 23.4 Å². The van der Waals surface area contributed by atoms with E-state index in [4.69, 9.17) is 9.47 Å². The minimum Gasteiger partial charge on any atom is -0.366 e. The van der Waals surface area contributed by atoms with Crippen molar-refractivity contribution in [2.24, 2.45) is 35.5 Å². The third kappa shape index (κ3) is 2.28. The van der Waals surface area contributed by atoms with Gasteiger partial charge in [0, 0.05) is 0 Å². The molecule has 0 aromatic heterocycles. The lowest BCUT2D eigenvalue weighted by molar-refractivity contribution is 0.0724. The number of hydrogen-bond acceptors (Lipinski definition) is 2. The van der Waals surface area contributed by atoms with E-state index in [1.807, 2.05) is 0 Å². The zero-order chi connectivity index (χ0) is 15.9. The van der Waals surface area contributed by atoms with Crippen LogP contribution in [0.3, 0.4) is 0 Å². The fourth-order valence-corrected chi connectivity index (χ4v) is 6.67. The van der Waals surface area contributed by atoms with Crippen LogP contribution in [0.5, 0.6) is 0 Å². The maximum absolute atomic E-state index is 6.23. The van der Waals surface area contributed by atoms with Gasteiger partial charge in [0.1, 0.15) is 0 Å². The molecular formula is C20H34O2. The molecule has 2 heterocycles. The molecule has 2 heteroatoms. The average molecular weight is 306 g/mol. The summed E-state index contributed by atoms with van der Waals surface area (Å²) in [6.07, 6.45) is 6.29. The van der Waals surface area contributed by atoms with E-state index >= 15 is 0 Å². The maximum Gasteiger partial charge on any atom is 0.0926 e. The number of fused-ring (bicyclic) bond motifs is 2. The molecule has 22 heavy (non-hydrogen) atoms. The lowest BCUT2D eigenvalue weighted by Gasteiger charge is -2.42. The first-order valence-electron chi connectivity index (χ1n) is 9.59. The smallest absolute Gasteiger partial charge is 0.0926 e. The lowest BCUT2D eigenvalue weighted by Crippen LogP contribution is -2.43. The van der Waals surface area contributed by atoms with Gasteiger partial charge in [-0.3, -0.25) is 0 Å². The van der Waals surface area contributed by atoms with Gasteiger partial charge in [0.2, 0.25) is 0 Å². The Morgan fingerprint density at radius 2 is 1.23 bits per heavy atom. The molecule has 126 valence electrons. The van der Waals surface area contributed by atoms with E-state index in [9.17, 15) is 0 Å². The van der Waals surface area contributed by atoms with Crippen molar-refractivity contribution in [2.75, 3.05) is 0 Å². The molecule has 8 atom stereocenters. The van der Waals surface area contributed by atoms with Gasteiger partial charge in [-0.25, -0.2) is 0 Å².